The van der Waals surface area contributed by atoms with Crippen molar-refractivity contribution in [3.8, 4) is 0 Å². The lowest BCUT2D eigenvalue weighted by Crippen LogP contribution is -2.48. The fourth-order valence-electron chi connectivity index (χ4n) is 1.74. The lowest BCUT2D eigenvalue weighted by molar-refractivity contribution is -0.159. The Morgan fingerprint density at radius 1 is 1.36 bits per heavy atom. The summed E-state index contributed by atoms with van der Waals surface area (Å²) in [6.45, 7) is 5.75. The van der Waals surface area contributed by atoms with Crippen molar-refractivity contribution in [2.45, 2.75) is 51.7 Å². The number of nitrogens with one attached hydrogen (secondary N) is 1. The van der Waals surface area contributed by atoms with Gasteiger partial charge in [-0.05, 0) is 58.5 Å². The van der Waals surface area contributed by atoms with Gasteiger partial charge in [-0.1, -0.05) is 0 Å². The van der Waals surface area contributed by atoms with Crippen LogP contribution in [0.15, 0.2) is 0 Å². The number of aldehydes is 1. The third kappa shape index (κ3) is 8.23. The number of rotatable bonds is 9. The minimum absolute atomic E-state index is 0.0975. The maximum Gasteiger partial charge on any atom is 0.330 e. The van der Waals surface area contributed by atoms with Gasteiger partial charge in [-0.2, -0.15) is 0 Å². The number of nitrogens with zero attached hydrogens (tertiary/aromatic N) is 1. The summed E-state index contributed by atoms with van der Waals surface area (Å²) in [4.78, 5) is 34.8. The summed E-state index contributed by atoms with van der Waals surface area (Å²) in [6.07, 6.45) is 4.21. The summed E-state index contributed by atoms with van der Waals surface area (Å²) in [6, 6.07) is -1.20. The summed E-state index contributed by atoms with van der Waals surface area (Å²) in [5.74, 6) is -0.458. The largest absolute Gasteiger partial charge is 0.458 e. The summed E-state index contributed by atoms with van der Waals surface area (Å²) in [5.41, 5.74) is 4.84. The van der Waals surface area contributed by atoms with E-state index < -0.39 is 23.6 Å². The van der Waals surface area contributed by atoms with Gasteiger partial charge < -0.3 is 20.6 Å². The Kier molecular flexibility index (Phi) is 9.84. The van der Waals surface area contributed by atoms with Crippen LogP contribution in [0.25, 0.3) is 0 Å². The topological polar surface area (TPSA) is 102 Å². The lowest BCUT2D eigenvalue weighted by atomic mass is 10.1. The SMILES string of the molecule is CSN(C(=O)NCC=O)C(CCCCN)C(=O)OC(C)(C)C. The summed E-state index contributed by atoms with van der Waals surface area (Å²) >= 11 is 1.12. The molecule has 3 N–H and O–H groups in total. The quantitative estimate of drug-likeness (QED) is 0.285. The first-order chi connectivity index (χ1) is 10.3. The smallest absolute Gasteiger partial charge is 0.330 e. The van der Waals surface area contributed by atoms with Crippen LogP contribution in [0.2, 0.25) is 0 Å². The Morgan fingerprint density at radius 3 is 2.45 bits per heavy atom. The van der Waals surface area contributed by atoms with Crippen LogP contribution in [-0.4, -0.2) is 53.6 Å². The molecule has 0 aromatic rings. The molecule has 128 valence electrons. The summed E-state index contributed by atoms with van der Waals surface area (Å²) < 4.78 is 6.71. The number of carbonyl (C=O) groups is 3. The first-order valence-corrected chi connectivity index (χ1v) is 8.42. The van der Waals surface area contributed by atoms with Gasteiger partial charge >= 0.3 is 12.0 Å². The number of unbranched alkanes of at least 4 members (excludes halogenated alkanes) is 1. The Labute approximate surface area is 136 Å². The Morgan fingerprint density at radius 2 is 2.00 bits per heavy atom. The van der Waals surface area contributed by atoms with Crippen molar-refractivity contribution in [1.82, 2.24) is 9.62 Å². The van der Waals surface area contributed by atoms with Crippen molar-refractivity contribution in [3.63, 3.8) is 0 Å². The molecule has 1 atom stereocenters. The Balaban J connectivity index is 5.02. The first kappa shape index (κ1) is 20.7. The van der Waals surface area contributed by atoms with Crippen LogP contribution < -0.4 is 11.1 Å². The Hall–Kier alpha value is -1.28. The second-order valence-corrected chi connectivity index (χ2v) is 6.45. The molecule has 0 rings (SSSR count). The molecule has 7 nitrogen and oxygen atoms in total. The van der Waals surface area contributed by atoms with Gasteiger partial charge in [-0.25, -0.2) is 9.59 Å². The molecule has 22 heavy (non-hydrogen) atoms. The van der Waals surface area contributed by atoms with Crippen LogP contribution in [0.3, 0.4) is 0 Å². The highest BCUT2D eigenvalue weighted by molar-refractivity contribution is 7.96. The molecule has 0 bridgehead atoms. The number of hydrogen-bond acceptors (Lipinski definition) is 6. The highest BCUT2D eigenvalue weighted by Gasteiger charge is 2.32. The van der Waals surface area contributed by atoms with Crippen molar-refractivity contribution in [1.29, 1.82) is 0 Å². The minimum Gasteiger partial charge on any atom is -0.458 e. The predicted octanol–water partition coefficient (Wildman–Crippen LogP) is 1.31. The van der Waals surface area contributed by atoms with Crippen LogP contribution >= 0.6 is 11.9 Å². The molecule has 0 aliphatic heterocycles. The van der Waals surface area contributed by atoms with Gasteiger partial charge in [0, 0.05) is 6.26 Å². The highest BCUT2D eigenvalue weighted by Crippen LogP contribution is 2.20. The van der Waals surface area contributed by atoms with Gasteiger partial charge in [0.25, 0.3) is 0 Å². The van der Waals surface area contributed by atoms with E-state index in [-0.39, 0.29) is 6.54 Å². The maximum atomic E-state index is 12.4. The third-order valence-corrected chi connectivity index (χ3v) is 3.44. The number of urea groups is 1. The van der Waals surface area contributed by atoms with Crippen molar-refractivity contribution < 1.29 is 19.1 Å². The average molecular weight is 333 g/mol. The van der Waals surface area contributed by atoms with E-state index in [0.717, 1.165) is 18.4 Å². The standard InChI is InChI=1S/C14H27N3O4S/c1-14(2,3)21-12(19)11(7-5-6-8-15)17(22-4)13(20)16-9-10-18/h10-11H,5-9,15H2,1-4H3,(H,16,20). The molecule has 0 spiro atoms. The van der Waals surface area contributed by atoms with Crippen LogP contribution in [0, 0.1) is 0 Å². The zero-order valence-electron chi connectivity index (χ0n) is 13.8. The second-order valence-electron chi connectivity index (χ2n) is 5.69. The number of ether oxygens (including phenoxy) is 1. The van der Waals surface area contributed by atoms with Crippen molar-refractivity contribution in [2.24, 2.45) is 5.73 Å². The zero-order valence-corrected chi connectivity index (χ0v) is 14.6. The Bertz CT molecular complexity index is 372. The van der Waals surface area contributed by atoms with Gasteiger partial charge in [0.1, 0.15) is 17.9 Å². The molecule has 1 unspecified atom stereocenters. The minimum atomic E-state index is -0.715. The van der Waals surface area contributed by atoms with E-state index in [1.165, 1.54) is 4.31 Å². The van der Waals surface area contributed by atoms with E-state index in [2.05, 4.69) is 5.32 Å². The van der Waals surface area contributed by atoms with Crippen LogP contribution in [0.4, 0.5) is 4.79 Å². The molecular formula is C14H27N3O4S. The molecule has 0 fully saturated rings. The molecule has 8 heteroatoms. The van der Waals surface area contributed by atoms with Gasteiger partial charge in [0.05, 0.1) is 6.54 Å². The molecular weight excluding hydrogens is 306 g/mol. The van der Waals surface area contributed by atoms with Crippen LogP contribution in [0.1, 0.15) is 40.0 Å². The van der Waals surface area contributed by atoms with Gasteiger partial charge in [-0.15, -0.1) is 0 Å². The van der Waals surface area contributed by atoms with Gasteiger partial charge in [-0.3, -0.25) is 4.31 Å². The number of nitrogens with two attached hydrogens (primary N) is 1. The molecule has 0 heterocycles. The lowest BCUT2D eigenvalue weighted by Gasteiger charge is -2.30. The van der Waals surface area contributed by atoms with E-state index in [0.29, 0.717) is 25.7 Å². The molecule has 0 radical (unpaired) electrons. The van der Waals surface area contributed by atoms with E-state index in [1.807, 2.05) is 0 Å². The fourth-order valence-corrected chi connectivity index (χ4v) is 2.42. The van der Waals surface area contributed by atoms with Crippen LogP contribution in [0.5, 0.6) is 0 Å². The third-order valence-electron chi connectivity index (χ3n) is 2.63. The maximum absolute atomic E-state index is 12.4. The van der Waals surface area contributed by atoms with Gasteiger partial charge in [0.15, 0.2) is 0 Å². The average Bonchev–Trinajstić information content (AvgIpc) is 2.42. The van der Waals surface area contributed by atoms with Gasteiger partial charge in [0.2, 0.25) is 0 Å². The van der Waals surface area contributed by atoms with Crippen molar-refractivity contribution >= 4 is 30.2 Å². The van der Waals surface area contributed by atoms with E-state index in [4.69, 9.17) is 10.5 Å². The molecule has 0 aliphatic rings. The summed E-state index contributed by atoms with van der Waals surface area (Å²) in [7, 11) is 0. The summed E-state index contributed by atoms with van der Waals surface area (Å²) in [5, 5.41) is 2.44. The van der Waals surface area contributed by atoms with E-state index in [1.54, 1.807) is 27.0 Å². The first-order valence-electron chi connectivity index (χ1n) is 7.24. The van der Waals surface area contributed by atoms with Crippen molar-refractivity contribution in [2.75, 3.05) is 19.3 Å². The molecule has 0 aliphatic carbocycles. The number of amides is 2. The zero-order chi connectivity index (χ0) is 17.2. The monoisotopic (exact) mass is 333 g/mol. The normalized spacial score (nSPS) is 12.4. The molecule has 0 aromatic carbocycles. The number of hydrogen-bond donors (Lipinski definition) is 2. The number of carbonyl (C=O) groups excluding carboxylic acids is 3. The molecule has 0 aromatic heterocycles. The van der Waals surface area contributed by atoms with Crippen LogP contribution in [-0.2, 0) is 14.3 Å². The van der Waals surface area contributed by atoms with E-state index in [9.17, 15) is 14.4 Å². The van der Waals surface area contributed by atoms with E-state index >= 15 is 0 Å². The molecule has 0 saturated carbocycles. The molecule has 0 saturated heterocycles. The number of esters is 1. The fraction of sp³-hybridized carbons (Fsp3) is 0.786. The highest BCUT2D eigenvalue weighted by atomic mass is 32.2. The van der Waals surface area contributed by atoms with Crippen molar-refractivity contribution in [3.05, 3.63) is 0 Å². The predicted molar refractivity (Wildman–Crippen MR) is 87.4 cm³/mol. The second kappa shape index (κ2) is 10.4. The molecule has 2 amide bonds.